The van der Waals surface area contributed by atoms with Gasteiger partial charge in [-0.05, 0) is 29.2 Å². The van der Waals surface area contributed by atoms with Crippen LogP contribution >= 0.6 is 11.5 Å². The molecular formula is C17H14N4O2S. The van der Waals surface area contributed by atoms with Gasteiger partial charge in [-0.15, -0.1) is 5.10 Å². The van der Waals surface area contributed by atoms with Crippen molar-refractivity contribution in [1.82, 2.24) is 14.9 Å². The van der Waals surface area contributed by atoms with Gasteiger partial charge in [0.05, 0.1) is 6.20 Å². The quantitative estimate of drug-likeness (QED) is 0.749. The van der Waals surface area contributed by atoms with E-state index in [9.17, 15) is 9.59 Å². The minimum absolute atomic E-state index is 0.321. The maximum Gasteiger partial charge on any atom is 0.265 e. The predicted octanol–water partition coefficient (Wildman–Crippen LogP) is 2.65. The van der Waals surface area contributed by atoms with Crippen LogP contribution in [-0.2, 0) is 4.79 Å². The highest BCUT2D eigenvalue weighted by atomic mass is 32.1. The molecule has 2 aromatic carbocycles. The summed E-state index contributed by atoms with van der Waals surface area (Å²) in [6.45, 7) is 0. The zero-order valence-corrected chi connectivity index (χ0v) is 13.4. The summed E-state index contributed by atoms with van der Waals surface area (Å²) in [6.07, 6.45) is 1.37. The number of amides is 2. The van der Waals surface area contributed by atoms with Crippen molar-refractivity contribution in [1.29, 1.82) is 0 Å². The van der Waals surface area contributed by atoms with E-state index in [2.05, 4.69) is 20.2 Å². The lowest BCUT2D eigenvalue weighted by atomic mass is 10.1. The van der Waals surface area contributed by atoms with Crippen molar-refractivity contribution in [3.8, 4) is 0 Å². The highest BCUT2D eigenvalue weighted by Gasteiger charge is 2.24. The molecule has 1 unspecified atom stereocenters. The Labute approximate surface area is 142 Å². The summed E-state index contributed by atoms with van der Waals surface area (Å²) < 4.78 is 3.67. The standard InChI is InChI=1S/C17H14N4O2S/c22-16(14-11-18-21-24-14)20-15(12-7-3-1-4-8-12)17(23)19-13-9-5-2-6-10-13/h1-11,15H,(H,19,23)(H,20,22). The number of nitrogens with zero attached hydrogens (tertiary/aromatic N) is 2. The Morgan fingerprint density at radius 1 is 0.958 bits per heavy atom. The van der Waals surface area contributed by atoms with Crippen LogP contribution < -0.4 is 10.6 Å². The molecule has 0 aliphatic carbocycles. The van der Waals surface area contributed by atoms with E-state index in [0.29, 0.717) is 16.1 Å². The third-order valence-electron chi connectivity index (χ3n) is 3.30. The molecule has 0 aliphatic rings. The van der Waals surface area contributed by atoms with Gasteiger partial charge in [-0.2, -0.15) is 0 Å². The van der Waals surface area contributed by atoms with E-state index >= 15 is 0 Å². The minimum atomic E-state index is -0.819. The fraction of sp³-hybridized carbons (Fsp3) is 0.0588. The first-order valence-corrected chi connectivity index (χ1v) is 8.00. The highest BCUT2D eigenvalue weighted by molar-refractivity contribution is 7.07. The summed E-state index contributed by atoms with van der Waals surface area (Å²) in [6, 6.07) is 17.3. The maximum absolute atomic E-state index is 12.7. The van der Waals surface area contributed by atoms with E-state index in [0.717, 1.165) is 11.5 Å². The van der Waals surface area contributed by atoms with Crippen LogP contribution in [0.5, 0.6) is 0 Å². The molecule has 2 N–H and O–H groups in total. The van der Waals surface area contributed by atoms with E-state index in [-0.39, 0.29) is 11.8 Å². The van der Waals surface area contributed by atoms with Crippen LogP contribution in [0.3, 0.4) is 0 Å². The van der Waals surface area contributed by atoms with Gasteiger partial charge in [0, 0.05) is 5.69 Å². The molecular weight excluding hydrogens is 324 g/mol. The molecule has 0 aliphatic heterocycles. The summed E-state index contributed by atoms with van der Waals surface area (Å²) >= 11 is 0.979. The topological polar surface area (TPSA) is 84.0 Å². The van der Waals surface area contributed by atoms with Crippen molar-refractivity contribution in [2.75, 3.05) is 5.32 Å². The first kappa shape index (κ1) is 15.8. The molecule has 3 rings (SSSR count). The number of carbonyl (C=O) groups excluding carboxylic acids is 2. The van der Waals surface area contributed by atoms with Crippen molar-refractivity contribution < 1.29 is 9.59 Å². The first-order valence-electron chi connectivity index (χ1n) is 7.23. The van der Waals surface area contributed by atoms with Crippen LogP contribution in [0.2, 0.25) is 0 Å². The van der Waals surface area contributed by atoms with Gasteiger partial charge in [-0.1, -0.05) is 53.0 Å². The molecule has 0 saturated heterocycles. The fourth-order valence-corrected chi connectivity index (χ4v) is 2.57. The molecule has 0 radical (unpaired) electrons. The Morgan fingerprint density at radius 3 is 2.25 bits per heavy atom. The smallest absolute Gasteiger partial charge is 0.265 e. The zero-order valence-electron chi connectivity index (χ0n) is 12.5. The molecule has 2 amide bonds. The van der Waals surface area contributed by atoms with E-state index in [4.69, 9.17) is 0 Å². The summed E-state index contributed by atoms with van der Waals surface area (Å²) in [4.78, 5) is 25.3. The first-order chi connectivity index (χ1) is 11.7. The molecule has 0 spiro atoms. The van der Waals surface area contributed by atoms with Gasteiger partial charge < -0.3 is 10.6 Å². The Kier molecular flexibility index (Phi) is 4.93. The van der Waals surface area contributed by atoms with Gasteiger partial charge in [-0.25, -0.2) is 0 Å². The third-order valence-corrected chi connectivity index (χ3v) is 3.96. The lowest BCUT2D eigenvalue weighted by molar-refractivity contribution is -0.118. The van der Waals surface area contributed by atoms with Crippen LogP contribution in [0.1, 0.15) is 21.3 Å². The van der Waals surface area contributed by atoms with Crippen molar-refractivity contribution in [2.24, 2.45) is 0 Å². The van der Waals surface area contributed by atoms with Gasteiger partial charge in [-0.3, -0.25) is 9.59 Å². The van der Waals surface area contributed by atoms with E-state index < -0.39 is 6.04 Å². The molecule has 1 aromatic heterocycles. The maximum atomic E-state index is 12.7. The zero-order chi connectivity index (χ0) is 16.8. The van der Waals surface area contributed by atoms with E-state index in [1.807, 2.05) is 36.4 Å². The van der Waals surface area contributed by atoms with Crippen LogP contribution in [0, 0.1) is 0 Å². The summed E-state index contributed by atoms with van der Waals surface area (Å²) in [5.74, 6) is -0.708. The van der Waals surface area contributed by atoms with Crippen LogP contribution in [0.4, 0.5) is 5.69 Å². The molecule has 1 heterocycles. The van der Waals surface area contributed by atoms with Gasteiger partial charge >= 0.3 is 0 Å². The molecule has 6 nitrogen and oxygen atoms in total. The lowest BCUT2D eigenvalue weighted by Crippen LogP contribution is -2.36. The van der Waals surface area contributed by atoms with Crippen molar-refractivity contribution in [3.63, 3.8) is 0 Å². The normalized spacial score (nSPS) is 11.5. The molecule has 3 aromatic rings. The number of carbonyl (C=O) groups is 2. The lowest BCUT2D eigenvalue weighted by Gasteiger charge is -2.18. The van der Waals surface area contributed by atoms with Gasteiger partial charge in [0.2, 0.25) is 0 Å². The fourth-order valence-electron chi connectivity index (χ4n) is 2.15. The molecule has 0 fully saturated rings. The second kappa shape index (κ2) is 7.47. The summed E-state index contributed by atoms with van der Waals surface area (Å²) in [7, 11) is 0. The molecule has 120 valence electrons. The average molecular weight is 338 g/mol. The Hall–Kier alpha value is -3.06. The number of benzene rings is 2. The van der Waals surface area contributed by atoms with E-state index in [1.54, 1.807) is 24.3 Å². The number of aromatic nitrogens is 2. The van der Waals surface area contributed by atoms with Crippen molar-refractivity contribution >= 4 is 29.0 Å². The van der Waals surface area contributed by atoms with Crippen LogP contribution in [0.25, 0.3) is 0 Å². The number of anilines is 1. The Balaban J connectivity index is 1.82. The number of hydrogen-bond donors (Lipinski definition) is 2. The van der Waals surface area contributed by atoms with Crippen molar-refractivity contribution in [2.45, 2.75) is 6.04 Å². The third kappa shape index (κ3) is 3.82. The Morgan fingerprint density at radius 2 is 1.62 bits per heavy atom. The second-order valence-corrected chi connectivity index (χ2v) is 5.74. The summed E-state index contributed by atoms with van der Waals surface area (Å²) in [5, 5.41) is 9.19. The molecule has 0 bridgehead atoms. The number of para-hydroxylation sites is 1. The van der Waals surface area contributed by atoms with E-state index in [1.165, 1.54) is 6.20 Å². The van der Waals surface area contributed by atoms with Crippen LogP contribution in [0.15, 0.2) is 66.9 Å². The van der Waals surface area contributed by atoms with Gasteiger partial charge in [0.1, 0.15) is 10.9 Å². The number of hydrogen-bond acceptors (Lipinski definition) is 5. The summed E-state index contributed by atoms with van der Waals surface area (Å²) in [5.41, 5.74) is 1.36. The predicted molar refractivity (Wildman–Crippen MR) is 91.6 cm³/mol. The number of nitrogens with one attached hydrogen (secondary N) is 2. The molecule has 0 saturated carbocycles. The Bertz CT molecular complexity index is 807. The minimum Gasteiger partial charge on any atom is -0.336 e. The molecule has 1 atom stereocenters. The second-order valence-electron chi connectivity index (χ2n) is 4.95. The van der Waals surface area contributed by atoms with Gasteiger partial charge in [0.25, 0.3) is 11.8 Å². The molecule has 7 heteroatoms. The number of rotatable bonds is 5. The monoisotopic (exact) mass is 338 g/mol. The van der Waals surface area contributed by atoms with Crippen molar-refractivity contribution in [3.05, 3.63) is 77.3 Å². The van der Waals surface area contributed by atoms with Crippen LogP contribution in [-0.4, -0.2) is 21.4 Å². The highest BCUT2D eigenvalue weighted by Crippen LogP contribution is 2.17. The SMILES string of the molecule is O=C(NC(C(=O)Nc1ccccc1)c1ccccc1)c1cnns1. The van der Waals surface area contributed by atoms with Gasteiger partial charge in [0.15, 0.2) is 0 Å². The largest absolute Gasteiger partial charge is 0.336 e. The molecule has 24 heavy (non-hydrogen) atoms. The average Bonchev–Trinajstić information content (AvgIpc) is 3.16.